The molecule has 0 saturated carbocycles. The van der Waals surface area contributed by atoms with Crippen LogP contribution >= 0.6 is 45.2 Å². The van der Waals surface area contributed by atoms with E-state index in [9.17, 15) is 24.6 Å². The minimum atomic E-state index is -1.12. The molecule has 10 nitrogen and oxygen atoms in total. The third-order valence-corrected chi connectivity index (χ3v) is 7.19. The summed E-state index contributed by atoms with van der Waals surface area (Å²) in [6, 6.07) is 5.57. The summed E-state index contributed by atoms with van der Waals surface area (Å²) in [7, 11) is 1.50. The van der Waals surface area contributed by atoms with Crippen molar-refractivity contribution in [3.8, 4) is 5.75 Å². The number of hydrogen-bond donors (Lipinski definition) is 3. The average molecular weight is 735 g/mol. The third kappa shape index (κ3) is 7.03. The molecule has 0 aliphatic heterocycles. The summed E-state index contributed by atoms with van der Waals surface area (Å²) in [4.78, 5) is 42.8. The molecule has 3 aromatic rings. The zero-order chi connectivity index (χ0) is 27.7. The van der Waals surface area contributed by atoms with Crippen LogP contribution in [0.5, 0.6) is 5.75 Å². The van der Waals surface area contributed by atoms with E-state index in [1.165, 1.54) is 11.9 Å². The second kappa shape index (κ2) is 11.4. The summed E-state index contributed by atoms with van der Waals surface area (Å²) in [6.07, 6.45) is -0.484. The number of phenols is 1. The van der Waals surface area contributed by atoms with Crippen LogP contribution in [-0.4, -0.2) is 46.0 Å². The Kier molecular flexibility index (Phi) is 8.93. The van der Waals surface area contributed by atoms with Gasteiger partial charge in [-0.1, -0.05) is 6.07 Å². The number of aromatic hydroxyl groups is 1. The molecule has 1 aromatic heterocycles. The number of carboxylic acids is 1. The number of ether oxygens (including phenoxy) is 1. The Morgan fingerprint density at radius 3 is 2.41 bits per heavy atom. The number of anilines is 1. The van der Waals surface area contributed by atoms with Crippen molar-refractivity contribution in [3.05, 3.63) is 58.5 Å². The van der Waals surface area contributed by atoms with Gasteiger partial charge in [0.2, 0.25) is 0 Å². The topological polar surface area (TPSA) is 142 Å². The maximum Gasteiger partial charge on any atom is 0.407 e. The smallest absolute Gasteiger partial charge is 0.407 e. The van der Waals surface area contributed by atoms with E-state index in [1.54, 1.807) is 52.0 Å². The highest BCUT2D eigenvalue weighted by Gasteiger charge is 2.27. The molecule has 0 fully saturated rings. The number of nitrogens with one attached hydrogen (secondary N) is 1. The first kappa shape index (κ1) is 28.9. The highest BCUT2D eigenvalue weighted by molar-refractivity contribution is 14.1. The molecule has 3 N–H and O–H groups in total. The molecule has 0 radical (unpaired) electrons. The van der Waals surface area contributed by atoms with Gasteiger partial charge in [0, 0.05) is 20.0 Å². The predicted molar refractivity (Wildman–Crippen MR) is 155 cm³/mol. The molecular formula is C25H27I2N3O7. The number of amides is 1. The van der Waals surface area contributed by atoms with E-state index in [-0.39, 0.29) is 30.1 Å². The van der Waals surface area contributed by atoms with Crippen LogP contribution in [0.2, 0.25) is 0 Å². The molecule has 1 atom stereocenters. The molecule has 1 amide bonds. The molecule has 0 aliphatic rings. The van der Waals surface area contributed by atoms with Gasteiger partial charge in [0.25, 0.3) is 0 Å². The summed E-state index contributed by atoms with van der Waals surface area (Å²) < 4.78 is 11.9. The molecule has 0 unspecified atom stereocenters. The van der Waals surface area contributed by atoms with Crippen LogP contribution in [0.1, 0.15) is 37.5 Å². The minimum absolute atomic E-state index is 0.0931. The quantitative estimate of drug-likeness (QED) is 0.298. The van der Waals surface area contributed by atoms with Crippen molar-refractivity contribution in [1.82, 2.24) is 10.3 Å². The number of halogens is 2. The second-order valence-corrected chi connectivity index (χ2v) is 11.8. The van der Waals surface area contributed by atoms with Crippen molar-refractivity contribution in [2.24, 2.45) is 0 Å². The summed E-state index contributed by atoms with van der Waals surface area (Å²) in [6.45, 7) is 7.16. The van der Waals surface area contributed by atoms with Gasteiger partial charge in [-0.25, -0.2) is 14.4 Å². The maximum absolute atomic E-state index is 13.0. The molecule has 0 saturated heterocycles. The highest BCUT2D eigenvalue weighted by Crippen LogP contribution is 2.29. The fraction of sp³-hybridized carbons (Fsp3) is 0.360. The lowest BCUT2D eigenvalue weighted by atomic mass is 10.0. The Labute approximate surface area is 240 Å². The Morgan fingerprint density at radius 1 is 1.22 bits per heavy atom. The lowest BCUT2D eigenvalue weighted by Gasteiger charge is -2.24. The van der Waals surface area contributed by atoms with Gasteiger partial charge in [0.1, 0.15) is 17.4 Å². The van der Waals surface area contributed by atoms with Gasteiger partial charge in [-0.3, -0.25) is 0 Å². The zero-order valence-corrected chi connectivity index (χ0v) is 25.2. The number of nitrogens with zero attached hydrogens (tertiary/aromatic N) is 2. The number of alkyl carbamates (subject to hydrolysis) is 1. The maximum atomic E-state index is 13.0. The molecule has 198 valence electrons. The lowest BCUT2D eigenvalue weighted by Crippen LogP contribution is -2.41. The van der Waals surface area contributed by atoms with E-state index in [1.807, 2.05) is 45.2 Å². The first-order chi connectivity index (χ1) is 17.2. The molecule has 1 heterocycles. The van der Waals surface area contributed by atoms with E-state index < -0.39 is 29.3 Å². The van der Waals surface area contributed by atoms with E-state index in [4.69, 9.17) is 9.15 Å². The number of hydrogen-bond acceptors (Lipinski definition) is 8. The summed E-state index contributed by atoms with van der Waals surface area (Å²) in [5.41, 5.74) is 1.02. The minimum Gasteiger partial charge on any atom is -0.506 e. The fourth-order valence-electron chi connectivity index (χ4n) is 3.66. The van der Waals surface area contributed by atoms with Crippen molar-refractivity contribution in [2.75, 3.05) is 11.9 Å². The molecule has 12 heteroatoms. The van der Waals surface area contributed by atoms with Crippen LogP contribution in [-0.2, 0) is 22.5 Å². The Morgan fingerprint density at radius 2 is 1.84 bits per heavy atom. The number of fused-ring (bicyclic) bond motifs is 1. The number of benzene rings is 2. The molecular weight excluding hydrogens is 708 g/mol. The van der Waals surface area contributed by atoms with Crippen LogP contribution in [0.15, 0.2) is 33.5 Å². The van der Waals surface area contributed by atoms with Crippen LogP contribution < -0.4 is 15.8 Å². The van der Waals surface area contributed by atoms with E-state index >= 15 is 0 Å². The molecule has 2 aromatic carbocycles. The van der Waals surface area contributed by atoms with Crippen LogP contribution in [0.3, 0.4) is 0 Å². The van der Waals surface area contributed by atoms with E-state index in [0.29, 0.717) is 29.3 Å². The van der Waals surface area contributed by atoms with Crippen molar-refractivity contribution in [1.29, 1.82) is 0 Å². The van der Waals surface area contributed by atoms with Gasteiger partial charge in [0.05, 0.1) is 18.0 Å². The average Bonchev–Trinajstić information content (AvgIpc) is 2.78. The number of aliphatic carboxylic acids is 1. The molecule has 0 spiro atoms. The Bertz CT molecular complexity index is 1390. The third-order valence-electron chi connectivity index (χ3n) is 5.54. The zero-order valence-electron chi connectivity index (χ0n) is 20.9. The van der Waals surface area contributed by atoms with E-state index in [2.05, 4.69) is 10.3 Å². The standard InChI is InChI=1S/C25H27I2N3O7/c1-12-14(11-28-24(35)37-25(2,3)4)6-7-17-19(12)22(34)36-23(29-17)30(5)18(21(32)33)10-13-8-15(26)20(31)16(27)9-13/h6-9,18,31H,10-11H2,1-5H3,(H,28,35)(H,32,33)/t18-/m0/s1. The summed E-state index contributed by atoms with van der Waals surface area (Å²) in [5, 5.41) is 22.8. The van der Waals surface area contributed by atoms with Crippen LogP contribution in [0.4, 0.5) is 10.8 Å². The number of phenolic OH excluding ortho intramolecular Hbond substituents is 1. The van der Waals surface area contributed by atoms with E-state index in [0.717, 1.165) is 0 Å². The van der Waals surface area contributed by atoms with Gasteiger partial charge in [0.15, 0.2) is 0 Å². The number of carbonyl (C=O) groups excluding carboxylic acids is 1. The number of rotatable bonds is 7. The Balaban J connectivity index is 1.89. The van der Waals surface area contributed by atoms with Crippen molar-refractivity contribution < 1.29 is 29.0 Å². The number of carbonyl (C=O) groups is 2. The molecule has 0 bridgehead atoms. The molecule has 3 rings (SSSR count). The first-order valence-corrected chi connectivity index (χ1v) is 13.4. The monoisotopic (exact) mass is 735 g/mol. The summed E-state index contributed by atoms with van der Waals surface area (Å²) in [5.74, 6) is -0.978. The predicted octanol–water partition coefficient (Wildman–Crippen LogP) is 4.57. The number of likely N-dealkylation sites (N-methyl/N-ethyl adjacent to an activating group) is 1. The number of aryl methyl sites for hydroxylation is 1. The van der Waals surface area contributed by atoms with Crippen molar-refractivity contribution in [3.63, 3.8) is 0 Å². The largest absolute Gasteiger partial charge is 0.506 e. The van der Waals surface area contributed by atoms with Crippen LogP contribution in [0, 0.1) is 14.1 Å². The van der Waals surface area contributed by atoms with Gasteiger partial charge >= 0.3 is 23.7 Å². The van der Waals surface area contributed by atoms with Gasteiger partial charge in [-0.05, 0) is 108 Å². The first-order valence-electron chi connectivity index (χ1n) is 11.2. The molecule has 37 heavy (non-hydrogen) atoms. The highest BCUT2D eigenvalue weighted by atomic mass is 127. The molecule has 0 aliphatic carbocycles. The SMILES string of the molecule is Cc1c(CNC(=O)OC(C)(C)C)ccc2nc(N(C)[C@@H](Cc3cc(I)c(O)c(I)c3)C(=O)O)oc(=O)c12. The van der Waals surface area contributed by atoms with Gasteiger partial charge < -0.3 is 29.6 Å². The number of aromatic nitrogens is 1. The van der Waals surface area contributed by atoms with Gasteiger partial charge in [-0.2, -0.15) is 4.98 Å². The normalized spacial score (nSPS) is 12.3. The van der Waals surface area contributed by atoms with Crippen molar-refractivity contribution >= 4 is 74.2 Å². The fourth-order valence-corrected chi connectivity index (χ4v) is 5.55. The number of carboxylic acid groups (broad SMARTS) is 1. The second-order valence-electron chi connectivity index (χ2n) is 9.46. The Hall–Kier alpha value is -2.62. The lowest BCUT2D eigenvalue weighted by molar-refractivity contribution is -0.138. The van der Waals surface area contributed by atoms with Gasteiger partial charge in [-0.15, -0.1) is 0 Å². The van der Waals surface area contributed by atoms with Crippen LogP contribution in [0.25, 0.3) is 10.9 Å². The summed E-state index contributed by atoms with van der Waals surface area (Å²) >= 11 is 3.97. The van der Waals surface area contributed by atoms with Crippen molar-refractivity contribution in [2.45, 2.75) is 52.3 Å².